The van der Waals surface area contributed by atoms with E-state index >= 15 is 0 Å². The highest BCUT2D eigenvalue weighted by Crippen LogP contribution is 2.41. The Morgan fingerprint density at radius 2 is 2.03 bits per heavy atom. The lowest BCUT2D eigenvalue weighted by atomic mass is 9.96. The maximum Gasteiger partial charge on any atom is 0.271 e. The van der Waals surface area contributed by atoms with Gasteiger partial charge in [0.15, 0.2) is 5.75 Å². The number of fused-ring (bicyclic) bond motifs is 1. The molecule has 3 aromatic heterocycles. The van der Waals surface area contributed by atoms with Gasteiger partial charge < -0.3 is 19.2 Å². The number of carbonyl (C=O) groups excluding carboxylic acids is 1. The summed E-state index contributed by atoms with van der Waals surface area (Å²) in [5, 5.41) is 3.46. The minimum atomic E-state index is -1.28. The summed E-state index contributed by atoms with van der Waals surface area (Å²) in [5.41, 5.74) is 0.143. The number of nitrogens with zero attached hydrogens (tertiary/aromatic N) is 3. The second-order valence-electron chi connectivity index (χ2n) is 10.0. The monoisotopic (exact) mass is 502 g/mol. The Balaban J connectivity index is 1.52. The van der Waals surface area contributed by atoms with Crippen molar-refractivity contribution in [2.24, 2.45) is 0 Å². The zero-order valence-electron chi connectivity index (χ0n) is 20.7. The van der Waals surface area contributed by atoms with Crippen LogP contribution in [0.3, 0.4) is 0 Å². The Morgan fingerprint density at radius 1 is 1.26 bits per heavy atom. The molecule has 0 unspecified atom stereocenters. The first-order valence-corrected chi connectivity index (χ1v) is 12.4. The minimum Gasteiger partial charge on any atom is -0.485 e. The summed E-state index contributed by atoms with van der Waals surface area (Å²) in [6.07, 6.45) is 10.1. The number of ether oxygens (including phenoxy) is 2. The number of rotatable bonds is 11. The highest BCUT2D eigenvalue weighted by atomic mass is 35.5. The van der Waals surface area contributed by atoms with Gasteiger partial charge in [-0.3, -0.25) is 4.79 Å². The molecule has 3 aromatic rings. The van der Waals surface area contributed by atoms with Gasteiger partial charge >= 0.3 is 0 Å². The highest BCUT2D eigenvalue weighted by Gasteiger charge is 2.44. The normalized spacial score (nSPS) is 14.7. The molecule has 4 rings (SSSR count). The Labute approximate surface area is 210 Å². The first kappa shape index (κ1) is 25.2. The van der Waals surface area contributed by atoms with Gasteiger partial charge in [-0.05, 0) is 51.7 Å². The van der Waals surface area contributed by atoms with Crippen molar-refractivity contribution in [3.63, 3.8) is 0 Å². The van der Waals surface area contributed by atoms with Gasteiger partial charge in [-0.1, -0.05) is 37.8 Å². The van der Waals surface area contributed by atoms with Crippen molar-refractivity contribution in [1.29, 1.82) is 0 Å². The summed E-state index contributed by atoms with van der Waals surface area (Å²) in [7, 11) is 0. The van der Waals surface area contributed by atoms with Gasteiger partial charge in [-0.25, -0.2) is 14.4 Å². The summed E-state index contributed by atoms with van der Waals surface area (Å²) in [5.74, 6) is 0.748. The fourth-order valence-corrected chi connectivity index (χ4v) is 3.91. The third kappa shape index (κ3) is 6.42. The lowest BCUT2D eigenvalue weighted by Gasteiger charge is -2.25. The van der Waals surface area contributed by atoms with Crippen molar-refractivity contribution in [2.75, 3.05) is 6.61 Å². The summed E-state index contributed by atoms with van der Waals surface area (Å²) < 4.78 is 27.5. The first-order valence-electron chi connectivity index (χ1n) is 12.0. The number of amides is 1. The van der Waals surface area contributed by atoms with E-state index in [0.29, 0.717) is 35.0 Å². The lowest BCUT2D eigenvalue weighted by molar-refractivity contribution is 0.0903. The molecule has 0 atom stereocenters. The van der Waals surface area contributed by atoms with E-state index < -0.39 is 5.67 Å². The van der Waals surface area contributed by atoms with Gasteiger partial charge in [0.25, 0.3) is 11.8 Å². The highest BCUT2D eigenvalue weighted by molar-refractivity contribution is 6.30. The average molecular weight is 503 g/mol. The van der Waals surface area contributed by atoms with E-state index in [-0.39, 0.29) is 29.7 Å². The zero-order chi connectivity index (χ0) is 25.2. The molecule has 0 aliphatic heterocycles. The van der Waals surface area contributed by atoms with Crippen LogP contribution in [0.1, 0.15) is 75.3 Å². The number of nitrogens with one attached hydrogen (secondary N) is 1. The van der Waals surface area contributed by atoms with Crippen LogP contribution in [0.25, 0.3) is 5.65 Å². The number of aryl methyl sites for hydroxylation is 1. The molecule has 188 valence electrons. The molecule has 0 saturated heterocycles. The Kier molecular flexibility index (Phi) is 7.22. The molecule has 1 fully saturated rings. The van der Waals surface area contributed by atoms with Gasteiger partial charge in [0.1, 0.15) is 29.4 Å². The molecule has 0 bridgehead atoms. The first-order chi connectivity index (χ1) is 16.6. The van der Waals surface area contributed by atoms with Crippen molar-refractivity contribution in [3.05, 3.63) is 47.0 Å². The van der Waals surface area contributed by atoms with Gasteiger partial charge in [-0.15, -0.1) is 0 Å². The fourth-order valence-electron chi connectivity index (χ4n) is 3.76. The predicted octanol–water partition coefficient (Wildman–Crippen LogP) is 6.45. The number of unbranched alkanes of at least 4 members (excludes halogenated alkanes) is 2. The fraction of sp³-hybridized carbons (Fsp3) is 0.500. The number of hydrogen-bond acceptors (Lipinski definition) is 5. The molecule has 0 aromatic carbocycles. The number of aromatic nitrogens is 3. The Morgan fingerprint density at radius 3 is 2.74 bits per heavy atom. The topological polar surface area (TPSA) is 77.8 Å². The minimum absolute atomic E-state index is 0.0712. The van der Waals surface area contributed by atoms with Crippen molar-refractivity contribution in [1.82, 2.24) is 19.7 Å². The van der Waals surface area contributed by atoms with E-state index in [1.165, 1.54) is 6.20 Å². The summed E-state index contributed by atoms with van der Waals surface area (Å²) in [4.78, 5) is 21.6. The SMILES string of the molecule is CCCCCC(C)(C)NC(=O)c1cn2cc(Oc3ncc(Cl)cc3OCC3(F)CC3)c(C)cc2n1. The van der Waals surface area contributed by atoms with E-state index in [1.54, 1.807) is 22.9 Å². The number of pyridine rings is 2. The van der Waals surface area contributed by atoms with Crippen LogP contribution in [0, 0.1) is 6.92 Å². The second kappa shape index (κ2) is 10.0. The Hall–Kier alpha value is -2.87. The van der Waals surface area contributed by atoms with Crippen molar-refractivity contribution in [2.45, 2.75) is 77.4 Å². The van der Waals surface area contributed by atoms with Crippen LogP contribution in [0.4, 0.5) is 4.39 Å². The van der Waals surface area contributed by atoms with E-state index in [1.807, 2.05) is 26.8 Å². The van der Waals surface area contributed by atoms with Crippen LogP contribution < -0.4 is 14.8 Å². The number of alkyl halides is 1. The maximum atomic E-state index is 14.1. The van der Waals surface area contributed by atoms with E-state index in [2.05, 4.69) is 22.2 Å². The lowest BCUT2D eigenvalue weighted by Crippen LogP contribution is -2.43. The smallest absolute Gasteiger partial charge is 0.271 e. The van der Waals surface area contributed by atoms with E-state index in [4.69, 9.17) is 21.1 Å². The van der Waals surface area contributed by atoms with E-state index in [0.717, 1.165) is 31.2 Å². The van der Waals surface area contributed by atoms with Crippen LogP contribution in [0.2, 0.25) is 5.02 Å². The molecule has 9 heteroatoms. The molecule has 35 heavy (non-hydrogen) atoms. The largest absolute Gasteiger partial charge is 0.485 e. The van der Waals surface area contributed by atoms with Crippen LogP contribution in [0.5, 0.6) is 17.4 Å². The van der Waals surface area contributed by atoms with Gasteiger partial charge in [0.2, 0.25) is 0 Å². The van der Waals surface area contributed by atoms with E-state index in [9.17, 15) is 9.18 Å². The van der Waals surface area contributed by atoms with Crippen molar-refractivity contribution >= 4 is 23.2 Å². The summed E-state index contributed by atoms with van der Waals surface area (Å²) >= 11 is 6.07. The third-order valence-electron chi connectivity index (χ3n) is 6.11. The predicted molar refractivity (Wildman–Crippen MR) is 134 cm³/mol. The van der Waals surface area contributed by atoms with Crippen molar-refractivity contribution < 1.29 is 18.7 Å². The van der Waals surface area contributed by atoms with Crippen LogP contribution in [0.15, 0.2) is 30.7 Å². The second-order valence-corrected chi connectivity index (χ2v) is 10.4. The third-order valence-corrected chi connectivity index (χ3v) is 6.32. The molecule has 1 aliphatic carbocycles. The van der Waals surface area contributed by atoms with Gasteiger partial charge in [0, 0.05) is 24.0 Å². The summed E-state index contributed by atoms with van der Waals surface area (Å²) in [6.45, 7) is 8.01. The number of hydrogen-bond donors (Lipinski definition) is 1. The molecule has 1 saturated carbocycles. The van der Waals surface area contributed by atoms with Crippen LogP contribution >= 0.6 is 11.6 Å². The molecule has 3 heterocycles. The average Bonchev–Trinajstić information content (AvgIpc) is 3.38. The van der Waals surface area contributed by atoms with Crippen molar-refractivity contribution in [3.8, 4) is 17.4 Å². The molecule has 7 nitrogen and oxygen atoms in total. The maximum absolute atomic E-state index is 14.1. The quantitative estimate of drug-likeness (QED) is 0.305. The molecule has 1 N–H and O–H groups in total. The molecular weight excluding hydrogens is 471 g/mol. The molecule has 0 radical (unpaired) electrons. The molecule has 0 spiro atoms. The molecule has 1 aliphatic rings. The standard InChI is InChI=1S/C26H32ClFN4O3/c1-5-6-7-8-25(3,4)31-23(33)19-14-32-15-21(17(2)11-22(32)30-19)35-24-20(12-18(27)13-29-24)34-16-26(28)9-10-26/h11-15H,5-10,16H2,1-4H3,(H,31,33). The Bertz CT molecular complexity index is 1220. The van der Waals surface area contributed by atoms with Gasteiger partial charge in [0.05, 0.1) is 11.2 Å². The number of imidazole rings is 1. The number of halogens is 2. The molecule has 1 amide bonds. The summed E-state index contributed by atoms with van der Waals surface area (Å²) in [6, 6.07) is 3.39. The molecular formula is C26H32ClFN4O3. The van der Waals surface area contributed by atoms with Crippen LogP contribution in [-0.4, -0.2) is 38.1 Å². The number of carbonyl (C=O) groups is 1. The van der Waals surface area contributed by atoms with Gasteiger partial charge in [-0.2, -0.15) is 0 Å². The zero-order valence-corrected chi connectivity index (χ0v) is 21.4. The van der Waals surface area contributed by atoms with Crippen LogP contribution in [-0.2, 0) is 0 Å².